The van der Waals surface area contributed by atoms with E-state index in [9.17, 15) is 22.4 Å². The van der Waals surface area contributed by atoms with Crippen molar-refractivity contribution in [1.82, 2.24) is 10.9 Å². The number of rotatable bonds is 5. The number of halogens is 2. The standard InChI is InChI=1S/C17H16BrFN2O4S/c1-11(26(24,25)15-8-6-14(19)7-9-15)10-16(22)20-21-17(23)12-2-4-13(18)5-3-12/h2-9,11H,10H2,1H3,(H,20,22)(H,21,23). The van der Waals surface area contributed by atoms with Crippen LogP contribution in [0.5, 0.6) is 0 Å². The van der Waals surface area contributed by atoms with Crippen molar-refractivity contribution in [3.8, 4) is 0 Å². The van der Waals surface area contributed by atoms with E-state index >= 15 is 0 Å². The summed E-state index contributed by atoms with van der Waals surface area (Å²) >= 11 is 3.25. The highest BCUT2D eigenvalue weighted by atomic mass is 79.9. The van der Waals surface area contributed by atoms with E-state index < -0.39 is 32.7 Å². The summed E-state index contributed by atoms with van der Waals surface area (Å²) < 4.78 is 38.5. The van der Waals surface area contributed by atoms with Gasteiger partial charge in [0.1, 0.15) is 5.82 Å². The maximum Gasteiger partial charge on any atom is 0.269 e. The molecule has 0 aliphatic rings. The first-order valence-corrected chi connectivity index (χ1v) is 9.88. The zero-order valence-electron chi connectivity index (χ0n) is 13.7. The fourth-order valence-electron chi connectivity index (χ4n) is 2.08. The van der Waals surface area contributed by atoms with Gasteiger partial charge in [-0.05, 0) is 55.5 Å². The molecular weight excluding hydrogens is 427 g/mol. The Kier molecular flexibility index (Phi) is 6.49. The van der Waals surface area contributed by atoms with Gasteiger partial charge < -0.3 is 0 Å². The van der Waals surface area contributed by atoms with Crippen LogP contribution in [0.4, 0.5) is 4.39 Å². The molecule has 2 aromatic carbocycles. The lowest BCUT2D eigenvalue weighted by atomic mass is 10.2. The smallest absolute Gasteiger partial charge is 0.269 e. The molecule has 0 aliphatic carbocycles. The molecule has 0 aromatic heterocycles. The first kappa shape index (κ1) is 20.1. The summed E-state index contributed by atoms with van der Waals surface area (Å²) in [7, 11) is -3.79. The molecule has 0 bridgehead atoms. The molecule has 1 unspecified atom stereocenters. The predicted octanol–water partition coefficient (Wildman–Crippen LogP) is 2.60. The fourth-order valence-corrected chi connectivity index (χ4v) is 3.69. The van der Waals surface area contributed by atoms with Gasteiger partial charge in [0, 0.05) is 16.5 Å². The van der Waals surface area contributed by atoms with Gasteiger partial charge in [-0.1, -0.05) is 15.9 Å². The lowest BCUT2D eigenvalue weighted by Gasteiger charge is -2.13. The molecule has 6 nitrogen and oxygen atoms in total. The molecule has 0 saturated carbocycles. The quantitative estimate of drug-likeness (QED) is 0.549. The highest BCUT2D eigenvalue weighted by Crippen LogP contribution is 2.18. The van der Waals surface area contributed by atoms with Gasteiger partial charge in [-0.25, -0.2) is 12.8 Å². The number of hydrazine groups is 1. The van der Waals surface area contributed by atoms with Crippen molar-refractivity contribution in [1.29, 1.82) is 0 Å². The summed E-state index contributed by atoms with van der Waals surface area (Å²) in [5.41, 5.74) is 4.74. The summed E-state index contributed by atoms with van der Waals surface area (Å²) in [6, 6.07) is 10.8. The number of nitrogens with one attached hydrogen (secondary N) is 2. The number of carbonyl (C=O) groups is 2. The molecule has 26 heavy (non-hydrogen) atoms. The molecule has 2 N–H and O–H groups in total. The van der Waals surface area contributed by atoms with Crippen LogP contribution in [-0.4, -0.2) is 25.5 Å². The number of hydrogen-bond donors (Lipinski definition) is 2. The second-order valence-corrected chi connectivity index (χ2v) is 8.80. The third-order valence-electron chi connectivity index (χ3n) is 3.57. The Balaban J connectivity index is 1.93. The monoisotopic (exact) mass is 442 g/mol. The van der Waals surface area contributed by atoms with Gasteiger partial charge in [-0.2, -0.15) is 0 Å². The minimum Gasteiger partial charge on any atom is -0.273 e. The van der Waals surface area contributed by atoms with Crippen LogP contribution in [0, 0.1) is 5.82 Å². The normalized spacial score (nSPS) is 12.3. The van der Waals surface area contributed by atoms with Crippen LogP contribution < -0.4 is 10.9 Å². The van der Waals surface area contributed by atoms with Crippen molar-refractivity contribution in [2.45, 2.75) is 23.5 Å². The predicted molar refractivity (Wildman–Crippen MR) is 97.4 cm³/mol. The maximum absolute atomic E-state index is 12.9. The van der Waals surface area contributed by atoms with Gasteiger partial charge in [-0.15, -0.1) is 0 Å². The molecule has 0 spiro atoms. The van der Waals surface area contributed by atoms with Crippen molar-refractivity contribution < 1.29 is 22.4 Å². The Bertz CT molecular complexity index is 899. The van der Waals surface area contributed by atoms with Crippen LogP contribution in [-0.2, 0) is 14.6 Å². The Labute approximate surface area is 158 Å². The van der Waals surface area contributed by atoms with Gasteiger partial charge >= 0.3 is 0 Å². The summed E-state index contributed by atoms with van der Waals surface area (Å²) in [5.74, 6) is -1.74. The van der Waals surface area contributed by atoms with Crippen molar-refractivity contribution >= 4 is 37.6 Å². The van der Waals surface area contributed by atoms with Crippen LogP contribution >= 0.6 is 15.9 Å². The number of carbonyl (C=O) groups excluding carboxylic acids is 2. The topological polar surface area (TPSA) is 92.3 Å². The first-order valence-electron chi connectivity index (χ1n) is 7.54. The van der Waals surface area contributed by atoms with E-state index in [0.29, 0.717) is 5.56 Å². The number of benzene rings is 2. The highest BCUT2D eigenvalue weighted by Gasteiger charge is 2.25. The Morgan fingerprint density at radius 3 is 2.19 bits per heavy atom. The minimum absolute atomic E-state index is 0.0712. The second-order valence-electron chi connectivity index (χ2n) is 5.52. The minimum atomic E-state index is -3.79. The average Bonchev–Trinajstić information content (AvgIpc) is 2.60. The van der Waals surface area contributed by atoms with E-state index in [4.69, 9.17) is 0 Å². The number of amides is 2. The van der Waals surface area contributed by atoms with Gasteiger partial charge in [0.25, 0.3) is 5.91 Å². The molecule has 2 aromatic rings. The molecule has 0 saturated heterocycles. The first-order chi connectivity index (χ1) is 12.2. The molecule has 9 heteroatoms. The summed E-state index contributed by atoms with van der Waals surface area (Å²) in [5, 5.41) is -1.04. The highest BCUT2D eigenvalue weighted by molar-refractivity contribution is 9.10. The molecule has 0 heterocycles. The van der Waals surface area contributed by atoms with Crippen molar-refractivity contribution in [3.05, 3.63) is 64.4 Å². The van der Waals surface area contributed by atoms with Gasteiger partial charge in [0.15, 0.2) is 9.84 Å². The van der Waals surface area contributed by atoms with E-state index in [0.717, 1.165) is 28.7 Å². The Morgan fingerprint density at radius 2 is 1.62 bits per heavy atom. The van der Waals surface area contributed by atoms with E-state index in [1.54, 1.807) is 24.3 Å². The molecular formula is C17H16BrFN2O4S. The summed E-state index contributed by atoms with van der Waals surface area (Å²) in [6.45, 7) is 1.37. The van der Waals surface area contributed by atoms with E-state index in [-0.39, 0.29) is 11.3 Å². The lowest BCUT2D eigenvalue weighted by molar-refractivity contribution is -0.121. The number of sulfone groups is 1. The average molecular weight is 443 g/mol. The van der Waals surface area contributed by atoms with Crippen molar-refractivity contribution in [3.63, 3.8) is 0 Å². The van der Waals surface area contributed by atoms with Gasteiger partial charge in [0.05, 0.1) is 10.1 Å². The Morgan fingerprint density at radius 1 is 1.04 bits per heavy atom. The molecule has 0 aliphatic heterocycles. The molecule has 1 atom stereocenters. The molecule has 2 amide bonds. The lowest BCUT2D eigenvalue weighted by Crippen LogP contribution is -2.43. The van der Waals surface area contributed by atoms with Crippen LogP contribution in [0.2, 0.25) is 0 Å². The number of hydrogen-bond acceptors (Lipinski definition) is 4. The summed E-state index contributed by atoms with van der Waals surface area (Å²) in [6.07, 6.45) is -0.361. The molecule has 0 radical (unpaired) electrons. The van der Waals surface area contributed by atoms with E-state index in [1.165, 1.54) is 6.92 Å². The van der Waals surface area contributed by atoms with E-state index in [2.05, 4.69) is 26.8 Å². The molecule has 138 valence electrons. The summed E-state index contributed by atoms with van der Waals surface area (Å²) in [4.78, 5) is 23.7. The van der Waals surface area contributed by atoms with Crippen molar-refractivity contribution in [2.75, 3.05) is 0 Å². The fraction of sp³-hybridized carbons (Fsp3) is 0.176. The zero-order valence-corrected chi connectivity index (χ0v) is 16.1. The third kappa shape index (κ3) is 5.12. The van der Waals surface area contributed by atoms with Crippen LogP contribution in [0.1, 0.15) is 23.7 Å². The van der Waals surface area contributed by atoms with Crippen LogP contribution in [0.3, 0.4) is 0 Å². The van der Waals surface area contributed by atoms with Gasteiger partial charge in [-0.3, -0.25) is 20.4 Å². The SMILES string of the molecule is CC(CC(=O)NNC(=O)c1ccc(Br)cc1)S(=O)(=O)c1ccc(F)cc1. The zero-order chi connectivity index (χ0) is 19.3. The van der Waals surface area contributed by atoms with Crippen LogP contribution in [0.15, 0.2) is 57.9 Å². The Hall–Kier alpha value is -2.26. The molecule has 0 fully saturated rings. The van der Waals surface area contributed by atoms with Gasteiger partial charge in [0.2, 0.25) is 5.91 Å². The largest absolute Gasteiger partial charge is 0.273 e. The maximum atomic E-state index is 12.9. The second kappa shape index (κ2) is 8.41. The third-order valence-corrected chi connectivity index (χ3v) is 6.25. The van der Waals surface area contributed by atoms with E-state index in [1.807, 2.05) is 0 Å². The van der Waals surface area contributed by atoms with Crippen LogP contribution in [0.25, 0.3) is 0 Å². The molecule has 2 rings (SSSR count). The van der Waals surface area contributed by atoms with Crippen molar-refractivity contribution in [2.24, 2.45) is 0 Å².